The fourth-order valence-electron chi connectivity index (χ4n) is 4.09. The van der Waals surface area contributed by atoms with Crippen molar-refractivity contribution >= 4 is 33.1 Å². The number of fused-ring (bicyclic) bond motifs is 3. The van der Waals surface area contributed by atoms with Crippen molar-refractivity contribution in [2.24, 2.45) is 0 Å². The van der Waals surface area contributed by atoms with Crippen molar-refractivity contribution in [3.05, 3.63) is 47.7 Å². The molecular formula is C19H16N5O+. The van der Waals surface area contributed by atoms with E-state index in [0.717, 1.165) is 44.5 Å². The van der Waals surface area contributed by atoms with Crippen molar-refractivity contribution in [2.75, 3.05) is 12.8 Å². The van der Waals surface area contributed by atoms with Crippen LogP contribution in [0.2, 0.25) is 0 Å². The molecule has 1 aromatic carbocycles. The summed E-state index contributed by atoms with van der Waals surface area (Å²) < 4.78 is 11.7. The van der Waals surface area contributed by atoms with Gasteiger partial charge in [0.25, 0.3) is 5.52 Å². The molecule has 0 atom stereocenters. The van der Waals surface area contributed by atoms with Gasteiger partial charge in [-0.15, -0.1) is 4.40 Å². The minimum atomic E-state index is 0.471. The van der Waals surface area contributed by atoms with Gasteiger partial charge < -0.3 is 10.5 Å². The van der Waals surface area contributed by atoms with E-state index in [2.05, 4.69) is 14.9 Å². The third-order valence-electron chi connectivity index (χ3n) is 5.20. The van der Waals surface area contributed by atoms with Gasteiger partial charge in [-0.05, 0) is 26.0 Å². The van der Waals surface area contributed by atoms with Crippen LogP contribution in [0, 0.1) is 25.2 Å². The first-order chi connectivity index (χ1) is 12.1. The number of hydrogen-bond acceptors (Lipinski definition) is 3. The number of nitrogen functional groups attached to an aromatic ring is 1. The Balaban J connectivity index is 2.26. The molecule has 0 amide bonds. The van der Waals surface area contributed by atoms with Gasteiger partial charge in [0.15, 0.2) is 17.9 Å². The second-order valence-electron chi connectivity index (χ2n) is 6.39. The SMILES string of the molecule is COc1ccc2c(c1C)c1c(N)c(C#N)[n+]3cc(C)n4ccn2c4c13. The number of aromatic nitrogens is 3. The molecule has 0 spiro atoms. The quantitative estimate of drug-likeness (QED) is 0.379. The molecule has 0 bridgehead atoms. The Morgan fingerprint density at radius 3 is 2.64 bits per heavy atom. The van der Waals surface area contributed by atoms with Crippen LogP contribution in [0.15, 0.2) is 30.7 Å². The molecule has 0 radical (unpaired) electrons. The molecule has 5 rings (SSSR count). The second-order valence-corrected chi connectivity index (χ2v) is 6.39. The molecular weight excluding hydrogens is 314 g/mol. The van der Waals surface area contributed by atoms with E-state index in [-0.39, 0.29) is 0 Å². The lowest BCUT2D eigenvalue weighted by Crippen LogP contribution is -2.25. The zero-order valence-corrected chi connectivity index (χ0v) is 14.2. The largest absolute Gasteiger partial charge is 0.496 e. The van der Waals surface area contributed by atoms with Crippen molar-refractivity contribution in [3.63, 3.8) is 0 Å². The van der Waals surface area contributed by atoms with E-state index in [0.29, 0.717) is 11.4 Å². The summed E-state index contributed by atoms with van der Waals surface area (Å²) in [7, 11) is 1.66. The van der Waals surface area contributed by atoms with Gasteiger partial charge in [-0.3, -0.25) is 8.80 Å². The Morgan fingerprint density at radius 2 is 1.92 bits per heavy atom. The fraction of sp³-hybridized carbons (Fsp3) is 0.158. The topological polar surface area (TPSA) is 72.0 Å². The third kappa shape index (κ3) is 1.42. The predicted molar refractivity (Wildman–Crippen MR) is 95.4 cm³/mol. The summed E-state index contributed by atoms with van der Waals surface area (Å²) in [5, 5.41) is 11.6. The summed E-state index contributed by atoms with van der Waals surface area (Å²) in [5.41, 5.74) is 12.5. The molecule has 0 aliphatic heterocycles. The first kappa shape index (κ1) is 13.9. The highest BCUT2D eigenvalue weighted by Crippen LogP contribution is 2.39. The lowest BCUT2D eigenvalue weighted by Gasteiger charge is -2.11. The maximum Gasteiger partial charge on any atom is 0.313 e. The van der Waals surface area contributed by atoms with E-state index in [9.17, 15) is 5.26 Å². The van der Waals surface area contributed by atoms with Crippen molar-refractivity contribution < 1.29 is 9.14 Å². The van der Waals surface area contributed by atoms with Crippen molar-refractivity contribution in [2.45, 2.75) is 13.8 Å². The van der Waals surface area contributed by atoms with Gasteiger partial charge in [0.2, 0.25) is 0 Å². The molecule has 0 aliphatic rings. The van der Waals surface area contributed by atoms with Crippen LogP contribution in [0.5, 0.6) is 5.75 Å². The maximum atomic E-state index is 9.68. The highest BCUT2D eigenvalue weighted by molar-refractivity contribution is 6.17. The van der Waals surface area contributed by atoms with Crippen LogP contribution >= 0.6 is 0 Å². The zero-order valence-electron chi connectivity index (χ0n) is 14.2. The number of rotatable bonds is 1. The molecule has 122 valence electrons. The number of methoxy groups -OCH3 is 1. The van der Waals surface area contributed by atoms with Crippen LogP contribution < -0.4 is 14.9 Å². The lowest BCUT2D eigenvalue weighted by molar-refractivity contribution is -0.511. The van der Waals surface area contributed by atoms with Gasteiger partial charge in [0.1, 0.15) is 11.4 Å². The molecule has 25 heavy (non-hydrogen) atoms. The third-order valence-corrected chi connectivity index (χ3v) is 5.20. The molecule has 2 N–H and O–H groups in total. The number of pyridine rings is 1. The van der Waals surface area contributed by atoms with Gasteiger partial charge in [-0.1, -0.05) is 0 Å². The average Bonchev–Trinajstić information content (AvgIpc) is 3.15. The van der Waals surface area contributed by atoms with Crippen LogP contribution in [0.4, 0.5) is 5.69 Å². The van der Waals surface area contributed by atoms with Crippen LogP contribution in [-0.2, 0) is 0 Å². The van der Waals surface area contributed by atoms with Crippen LogP contribution in [0.25, 0.3) is 27.5 Å². The molecule has 0 aliphatic carbocycles. The number of nitrogens with zero attached hydrogens (tertiary/aromatic N) is 4. The first-order valence-corrected chi connectivity index (χ1v) is 8.02. The number of nitriles is 1. The van der Waals surface area contributed by atoms with E-state index >= 15 is 0 Å². The van der Waals surface area contributed by atoms with E-state index in [1.807, 2.05) is 49.0 Å². The summed E-state index contributed by atoms with van der Waals surface area (Å²) in [6.45, 7) is 4.05. The molecule has 0 saturated heterocycles. The highest BCUT2D eigenvalue weighted by Gasteiger charge is 2.31. The van der Waals surface area contributed by atoms with Crippen molar-refractivity contribution in [3.8, 4) is 11.8 Å². The Labute approximate surface area is 143 Å². The number of benzene rings is 1. The molecule has 4 heterocycles. The van der Waals surface area contributed by atoms with Crippen molar-refractivity contribution in [1.29, 1.82) is 5.26 Å². The second kappa shape index (κ2) is 4.33. The number of hydrogen-bond donors (Lipinski definition) is 1. The average molecular weight is 330 g/mol. The molecule has 5 aromatic rings. The number of ether oxygens (including phenoxy) is 1. The van der Waals surface area contributed by atoms with Crippen LogP contribution in [0.3, 0.4) is 0 Å². The summed E-state index contributed by atoms with van der Waals surface area (Å²) in [4.78, 5) is 0. The van der Waals surface area contributed by atoms with E-state index in [1.165, 1.54) is 0 Å². The van der Waals surface area contributed by atoms with E-state index < -0.39 is 0 Å². The number of aryl methyl sites for hydroxylation is 2. The molecule has 4 aromatic heterocycles. The molecule has 6 nitrogen and oxygen atoms in total. The van der Waals surface area contributed by atoms with Gasteiger partial charge >= 0.3 is 5.69 Å². The zero-order chi connectivity index (χ0) is 17.5. The standard InChI is InChI=1S/C19H16N5O/c1-10-9-24-13(8-20)17(21)16-15-11(2)14(25-3)5-4-12(15)23-7-6-22(10)19(23)18(16)24/h4-7,9H,21H2,1-3H3/q+1. The van der Waals surface area contributed by atoms with Gasteiger partial charge in [-0.2, -0.15) is 5.26 Å². The van der Waals surface area contributed by atoms with Gasteiger partial charge in [-0.25, -0.2) is 0 Å². The summed E-state index contributed by atoms with van der Waals surface area (Å²) in [6.07, 6.45) is 6.05. The van der Waals surface area contributed by atoms with Crippen molar-refractivity contribution in [1.82, 2.24) is 8.80 Å². The molecule has 0 unspecified atom stereocenters. The van der Waals surface area contributed by atoms with Gasteiger partial charge in [0, 0.05) is 23.3 Å². The summed E-state index contributed by atoms with van der Waals surface area (Å²) in [6, 6.07) is 6.28. The van der Waals surface area contributed by atoms with Crippen LogP contribution in [-0.4, -0.2) is 15.9 Å². The molecule has 0 saturated carbocycles. The number of anilines is 1. The maximum absolute atomic E-state index is 9.68. The highest BCUT2D eigenvalue weighted by atomic mass is 16.5. The molecule has 0 fully saturated rings. The van der Waals surface area contributed by atoms with Gasteiger partial charge in [0.05, 0.1) is 23.7 Å². The normalized spacial score (nSPS) is 11.9. The smallest absolute Gasteiger partial charge is 0.313 e. The minimum absolute atomic E-state index is 0.471. The Morgan fingerprint density at radius 1 is 1.16 bits per heavy atom. The minimum Gasteiger partial charge on any atom is -0.496 e. The number of imidazole rings is 1. The monoisotopic (exact) mass is 330 g/mol. The Kier molecular flexibility index (Phi) is 2.42. The first-order valence-electron chi connectivity index (χ1n) is 8.02. The lowest BCUT2D eigenvalue weighted by atomic mass is 10.0. The van der Waals surface area contributed by atoms with E-state index in [4.69, 9.17) is 10.5 Å². The summed E-state index contributed by atoms with van der Waals surface area (Å²) >= 11 is 0. The predicted octanol–water partition coefficient (Wildman–Crippen LogP) is 2.60. The Bertz CT molecular complexity index is 1370. The number of nitrogens with two attached hydrogens (primary N) is 1. The molecule has 6 heteroatoms. The van der Waals surface area contributed by atoms with Crippen LogP contribution in [0.1, 0.15) is 17.0 Å². The summed E-state index contributed by atoms with van der Waals surface area (Å²) in [5.74, 6) is 0.808. The fourth-order valence-corrected chi connectivity index (χ4v) is 4.09. The Hall–Kier alpha value is -3.46. The van der Waals surface area contributed by atoms with E-state index in [1.54, 1.807) is 7.11 Å².